The molecule has 3 N–H and O–H groups in total. The van der Waals surface area contributed by atoms with Gasteiger partial charge in [0.2, 0.25) is 0 Å². The van der Waals surface area contributed by atoms with E-state index in [1.807, 2.05) is 42.1 Å². The van der Waals surface area contributed by atoms with E-state index < -0.39 is 25.5 Å². The van der Waals surface area contributed by atoms with E-state index in [9.17, 15) is 19.6 Å². The fourth-order valence-electron chi connectivity index (χ4n) is 5.17. The summed E-state index contributed by atoms with van der Waals surface area (Å²) in [5.41, 5.74) is 0.496. The highest BCUT2D eigenvalue weighted by atomic mass is 16.5. The number of carboxylic acid groups (broad SMARTS) is 1. The van der Waals surface area contributed by atoms with Gasteiger partial charge in [-0.25, -0.2) is 0 Å². The Balaban J connectivity index is 0.000000719. The van der Waals surface area contributed by atoms with Crippen LogP contribution in [0.4, 0.5) is 0 Å². The molecule has 0 radical (unpaired) electrons. The van der Waals surface area contributed by atoms with Gasteiger partial charge >= 0.3 is 38.3 Å². The summed E-state index contributed by atoms with van der Waals surface area (Å²) in [5, 5.41) is 28.1. The van der Waals surface area contributed by atoms with Crippen molar-refractivity contribution in [1.82, 2.24) is 9.62 Å². The summed E-state index contributed by atoms with van der Waals surface area (Å²) in [6.07, 6.45) is 5.79. The molecule has 0 aromatic heterocycles. The van der Waals surface area contributed by atoms with Gasteiger partial charge in [0.05, 0.1) is 11.8 Å². The highest BCUT2D eigenvalue weighted by molar-refractivity contribution is 6.45. The van der Waals surface area contributed by atoms with Gasteiger partial charge in [0.1, 0.15) is 6.61 Å². The molecule has 14 heteroatoms. The maximum Gasteiger partial charge on any atom is 0.376 e. The van der Waals surface area contributed by atoms with Gasteiger partial charge in [-0.15, -0.1) is 0 Å². The summed E-state index contributed by atoms with van der Waals surface area (Å²) in [5.74, 6) is -0.804. The van der Waals surface area contributed by atoms with Crippen molar-refractivity contribution in [3.05, 3.63) is 35.9 Å². The van der Waals surface area contributed by atoms with Crippen molar-refractivity contribution in [2.75, 3.05) is 26.2 Å². The summed E-state index contributed by atoms with van der Waals surface area (Å²) in [6, 6.07) is 9.77. The number of nitrogens with zero attached hydrogens (tertiary/aromatic N) is 2. The summed E-state index contributed by atoms with van der Waals surface area (Å²) >= 11 is 0. The Hall–Kier alpha value is -3.11. The molecule has 2 heterocycles. The number of carbonyl (C=O) groups excluding carboxylic acids is 5. The van der Waals surface area contributed by atoms with Crippen LogP contribution in [0.1, 0.15) is 64.4 Å². The molecule has 1 aromatic rings. The average Bonchev–Trinajstić information content (AvgIpc) is 2.98. The van der Waals surface area contributed by atoms with E-state index in [-0.39, 0.29) is 23.7 Å². The Morgan fingerprint density at radius 1 is 0.833 bits per heavy atom. The van der Waals surface area contributed by atoms with Crippen molar-refractivity contribution in [2.24, 2.45) is 10.8 Å². The fraction of sp³-hybridized carbons (Fsp3) is 0.643. The van der Waals surface area contributed by atoms with Gasteiger partial charge in [-0.05, 0) is 89.3 Å². The SMILES string of the molecule is CCC1(C(=O)O)CCN(B(C)O)CC1.CCC1(CC(=O)OCc2ccccc2)CCN(B(C)O)CC1.O=C=O.O=C=O. The number of rotatable bonds is 9. The van der Waals surface area contributed by atoms with Crippen LogP contribution < -0.4 is 0 Å². The minimum Gasteiger partial charge on any atom is -0.481 e. The third-order valence-electron chi connectivity index (χ3n) is 8.31. The number of aliphatic carboxylic acids is 1. The largest absolute Gasteiger partial charge is 0.481 e. The molecule has 0 bridgehead atoms. The summed E-state index contributed by atoms with van der Waals surface area (Å²) < 4.78 is 5.43. The molecule has 3 rings (SSSR count). The number of carboxylic acids is 1. The van der Waals surface area contributed by atoms with E-state index in [0.29, 0.717) is 45.4 Å². The fourth-order valence-corrected chi connectivity index (χ4v) is 5.17. The maximum absolute atomic E-state index is 12.2. The zero-order valence-corrected chi connectivity index (χ0v) is 25.1. The lowest BCUT2D eigenvalue weighted by Gasteiger charge is -2.41. The topological polar surface area (TPSA) is 179 Å². The smallest absolute Gasteiger partial charge is 0.376 e. The van der Waals surface area contributed by atoms with E-state index in [1.54, 1.807) is 13.6 Å². The molecule has 2 aliphatic rings. The highest BCUT2D eigenvalue weighted by Gasteiger charge is 2.41. The predicted octanol–water partition coefficient (Wildman–Crippen LogP) is 2.23. The summed E-state index contributed by atoms with van der Waals surface area (Å²) in [7, 11) is -0.862. The number of carbonyl (C=O) groups is 2. The van der Waals surface area contributed by atoms with Crippen LogP contribution in [0.5, 0.6) is 0 Å². The number of hydrogen-bond acceptors (Lipinski definition) is 11. The van der Waals surface area contributed by atoms with Gasteiger partial charge in [0.25, 0.3) is 0 Å². The van der Waals surface area contributed by atoms with Crippen molar-refractivity contribution in [3.8, 4) is 0 Å². The highest BCUT2D eigenvalue weighted by Crippen LogP contribution is 2.39. The van der Waals surface area contributed by atoms with Crippen LogP contribution in [0.25, 0.3) is 0 Å². The van der Waals surface area contributed by atoms with Crippen LogP contribution in [-0.2, 0) is 40.1 Å². The Morgan fingerprint density at radius 3 is 1.62 bits per heavy atom. The van der Waals surface area contributed by atoms with Crippen molar-refractivity contribution >= 4 is 38.3 Å². The second-order valence-electron chi connectivity index (χ2n) is 10.6. The van der Waals surface area contributed by atoms with Crippen LogP contribution in [0.2, 0.25) is 13.6 Å². The molecule has 0 aliphatic carbocycles. The number of ether oxygens (including phenoxy) is 1. The molecule has 232 valence electrons. The predicted molar refractivity (Wildman–Crippen MR) is 153 cm³/mol. The molecule has 42 heavy (non-hydrogen) atoms. The standard InChI is InChI=1S/C17H26BNO3.C9H18BNO3.2CO2/c1-3-17(9-11-19(12-10-17)18(2)21)13-16(20)22-14-15-7-5-4-6-8-15;1-3-9(8(12)13)4-6-11(7-5-9)10(2)14;2*2-1-3/h4-8,21H,3,9-14H2,1-2H3;14H,3-7H2,1-2H3,(H,12,13);;. The first-order valence-electron chi connectivity index (χ1n) is 14.2. The number of piperidine rings is 2. The zero-order valence-electron chi connectivity index (χ0n) is 25.1. The summed E-state index contributed by atoms with van der Waals surface area (Å²) in [4.78, 5) is 59.8. The third kappa shape index (κ3) is 13.7. The zero-order chi connectivity index (χ0) is 32.2. The van der Waals surface area contributed by atoms with E-state index in [1.165, 1.54) is 0 Å². The minimum atomic E-state index is -0.690. The molecule has 1 aromatic carbocycles. The molecule has 0 unspecified atom stereocenters. The number of benzene rings is 1. The lowest BCUT2D eigenvalue weighted by Crippen LogP contribution is -2.48. The van der Waals surface area contributed by atoms with E-state index in [2.05, 4.69) is 11.7 Å². The Morgan fingerprint density at radius 2 is 1.26 bits per heavy atom. The minimum absolute atomic E-state index is 0.0269. The second-order valence-corrected chi connectivity index (χ2v) is 10.6. The van der Waals surface area contributed by atoms with Crippen LogP contribution in [0.3, 0.4) is 0 Å². The molecular weight excluding hydrogens is 546 g/mol. The first-order valence-corrected chi connectivity index (χ1v) is 14.2. The molecule has 2 saturated heterocycles. The first-order chi connectivity index (χ1) is 19.9. The van der Waals surface area contributed by atoms with Crippen molar-refractivity contribution in [3.63, 3.8) is 0 Å². The number of esters is 1. The molecular formula is C28H44B2N2O10. The Bertz CT molecular complexity index is 970. The average molecular weight is 590 g/mol. The molecule has 0 spiro atoms. The molecule has 2 fully saturated rings. The third-order valence-corrected chi connectivity index (χ3v) is 8.31. The lowest BCUT2D eigenvalue weighted by molar-refractivity contribution is -0.193. The summed E-state index contributed by atoms with van der Waals surface area (Å²) in [6.45, 7) is 11.0. The normalized spacial score (nSPS) is 17.1. The van der Waals surface area contributed by atoms with Gasteiger partial charge in [-0.1, -0.05) is 44.2 Å². The van der Waals surface area contributed by atoms with Gasteiger partial charge in [0.15, 0.2) is 0 Å². The van der Waals surface area contributed by atoms with Crippen molar-refractivity contribution in [1.29, 1.82) is 0 Å². The molecule has 0 atom stereocenters. The first kappa shape index (κ1) is 38.9. The van der Waals surface area contributed by atoms with Gasteiger partial charge < -0.3 is 29.5 Å². The van der Waals surface area contributed by atoms with E-state index in [4.69, 9.17) is 29.0 Å². The van der Waals surface area contributed by atoms with Crippen LogP contribution >= 0.6 is 0 Å². The second kappa shape index (κ2) is 20.7. The monoisotopic (exact) mass is 590 g/mol. The van der Waals surface area contributed by atoms with Crippen LogP contribution in [0.15, 0.2) is 30.3 Å². The van der Waals surface area contributed by atoms with E-state index >= 15 is 0 Å². The van der Waals surface area contributed by atoms with Gasteiger partial charge in [-0.2, -0.15) is 19.2 Å². The quantitative estimate of drug-likeness (QED) is 0.283. The molecule has 2 aliphatic heterocycles. The Kier molecular flexibility index (Phi) is 19.2. The maximum atomic E-state index is 12.2. The van der Waals surface area contributed by atoms with Crippen molar-refractivity contribution < 1.29 is 48.7 Å². The van der Waals surface area contributed by atoms with Gasteiger partial charge in [-0.3, -0.25) is 9.59 Å². The Labute approximate surface area is 248 Å². The molecule has 12 nitrogen and oxygen atoms in total. The lowest BCUT2D eigenvalue weighted by atomic mass is 9.70. The van der Waals surface area contributed by atoms with E-state index in [0.717, 1.165) is 37.9 Å². The van der Waals surface area contributed by atoms with Gasteiger partial charge in [0, 0.05) is 0 Å². The van der Waals surface area contributed by atoms with Crippen LogP contribution in [-0.4, -0.2) is 89.3 Å². The van der Waals surface area contributed by atoms with Crippen molar-refractivity contribution in [2.45, 2.75) is 79.0 Å². The molecule has 0 saturated carbocycles. The van der Waals surface area contributed by atoms with Crippen LogP contribution in [0, 0.1) is 10.8 Å². The molecule has 0 amide bonds. The number of hydrogen-bond donors (Lipinski definition) is 3.